The summed E-state index contributed by atoms with van der Waals surface area (Å²) in [5.41, 5.74) is -3.09. The highest BCUT2D eigenvalue weighted by molar-refractivity contribution is 6.31. The van der Waals surface area contributed by atoms with Crippen LogP contribution in [0.15, 0.2) is 30.6 Å². The van der Waals surface area contributed by atoms with Crippen LogP contribution in [0.4, 0.5) is 8.78 Å². The van der Waals surface area contributed by atoms with Crippen molar-refractivity contribution in [2.75, 3.05) is 19.5 Å². The van der Waals surface area contributed by atoms with Crippen LogP contribution < -0.4 is 5.32 Å². The molecule has 3 rings (SSSR count). The van der Waals surface area contributed by atoms with Gasteiger partial charge in [0.15, 0.2) is 0 Å². The van der Waals surface area contributed by atoms with Crippen LogP contribution in [0.1, 0.15) is 45.6 Å². The second kappa shape index (κ2) is 8.27. The van der Waals surface area contributed by atoms with Crippen molar-refractivity contribution in [2.24, 2.45) is 0 Å². The van der Waals surface area contributed by atoms with Crippen molar-refractivity contribution in [1.82, 2.24) is 20.2 Å². The molecule has 8 heteroatoms. The summed E-state index contributed by atoms with van der Waals surface area (Å²) in [6.45, 7) is -10.7. The van der Waals surface area contributed by atoms with Gasteiger partial charge in [-0.05, 0) is 30.7 Å². The van der Waals surface area contributed by atoms with Crippen molar-refractivity contribution >= 4 is 17.5 Å². The van der Waals surface area contributed by atoms with E-state index in [4.69, 9.17) is 22.6 Å². The number of aryl methyl sites for hydroxylation is 1. The van der Waals surface area contributed by atoms with E-state index < -0.39 is 67.1 Å². The average molecular weight is 403 g/mol. The van der Waals surface area contributed by atoms with E-state index in [2.05, 4.69) is 9.97 Å². The Hall–Kier alpha value is -2.12. The Morgan fingerprint density at radius 3 is 2.70 bits per heavy atom. The Morgan fingerprint density at radius 1 is 1.41 bits per heavy atom. The molecule has 0 bridgehead atoms. The number of rotatable bonds is 5. The SMILES string of the molecule is [2H]C([2H])(NC([2H])([2H])C1(F)CC([2H])([2H])N(C(=O)c2ccc(F)c(Cl)c2)C([2H])([2H])C1)c1ncc(C)cn1. The summed E-state index contributed by atoms with van der Waals surface area (Å²) in [5.74, 6) is -2.62. The summed E-state index contributed by atoms with van der Waals surface area (Å²) in [4.78, 5) is 20.6. The first-order valence-corrected chi connectivity index (χ1v) is 8.26. The van der Waals surface area contributed by atoms with Crippen LogP contribution in [0.2, 0.25) is 5.02 Å². The highest BCUT2D eigenvalue weighted by Gasteiger charge is 2.36. The molecule has 0 unspecified atom stereocenters. The van der Waals surface area contributed by atoms with Crippen molar-refractivity contribution in [3.8, 4) is 0 Å². The molecule has 2 aromatic rings. The third kappa shape index (κ3) is 4.99. The molecule has 1 aliphatic heterocycles. The molecule has 0 aliphatic carbocycles. The van der Waals surface area contributed by atoms with Gasteiger partial charge in [-0.15, -0.1) is 0 Å². The molecule has 2 heterocycles. The average Bonchev–Trinajstić information content (AvgIpc) is 2.67. The Bertz CT molecular complexity index is 1120. The molecule has 1 aliphatic rings. The number of piperidine rings is 1. The zero-order valence-corrected chi connectivity index (χ0v) is 14.9. The van der Waals surface area contributed by atoms with E-state index in [0.29, 0.717) is 5.56 Å². The van der Waals surface area contributed by atoms with Crippen LogP contribution in [0.5, 0.6) is 0 Å². The number of carbonyl (C=O) groups is 1. The molecule has 0 radical (unpaired) electrons. The number of hydrogen-bond acceptors (Lipinski definition) is 4. The molecule has 1 fully saturated rings. The molecule has 27 heavy (non-hydrogen) atoms. The molecule has 0 spiro atoms. The number of amides is 1. The largest absolute Gasteiger partial charge is 0.338 e. The number of hydrogen-bond donors (Lipinski definition) is 1. The molecule has 1 amide bonds. The fraction of sp³-hybridized carbons (Fsp3) is 0.421. The predicted molar refractivity (Wildman–Crippen MR) is 98.9 cm³/mol. The lowest BCUT2D eigenvalue weighted by Gasteiger charge is -2.36. The summed E-state index contributed by atoms with van der Waals surface area (Å²) < 4.78 is 95.1. The molecular formula is C19H21ClF2N4O. The lowest BCUT2D eigenvalue weighted by Crippen LogP contribution is -2.48. The molecule has 144 valence electrons. The van der Waals surface area contributed by atoms with E-state index in [0.717, 1.165) is 18.2 Å². The third-order valence-corrected chi connectivity index (χ3v) is 3.94. The van der Waals surface area contributed by atoms with Gasteiger partial charge in [-0.2, -0.15) is 0 Å². The summed E-state index contributed by atoms with van der Waals surface area (Å²) in [5, 5.41) is 1.35. The van der Waals surface area contributed by atoms with E-state index in [1.54, 1.807) is 6.92 Å². The van der Waals surface area contributed by atoms with Gasteiger partial charge in [0.2, 0.25) is 0 Å². The maximum Gasteiger partial charge on any atom is 0.253 e. The first kappa shape index (κ1) is 11.7. The lowest BCUT2D eigenvalue weighted by atomic mass is 9.92. The molecule has 1 aromatic heterocycles. The van der Waals surface area contributed by atoms with Crippen LogP contribution in [0.25, 0.3) is 0 Å². The molecule has 5 nitrogen and oxygen atoms in total. The number of nitrogens with one attached hydrogen (secondary N) is 1. The van der Waals surface area contributed by atoms with Crippen LogP contribution >= 0.6 is 11.6 Å². The fourth-order valence-electron chi connectivity index (χ4n) is 2.17. The summed E-state index contributed by atoms with van der Waals surface area (Å²) in [7, 11) is 0. The maximum absolute atomic E-state index is 16.1. The number of aromatic nitrogens is 2. The smallest absolute Gasteiger partial charge is 0.253 e. The van der Waals surface area contributed by atoms with E-state index in [1.807, 2.05) is 5.32 Å². The van der Waals surface area contributed by atoms with Crippen molar-refractivity contribution in [3.63, 3.8) is 0 Å². The Balaban J connectivity index is 1.94. The van der Waals surface area contributed by atoms with Crippen LogP contribution in [0.3, 0.4) is 0 Å². The summed E-state index contributed by atoms with van der Waals surface area (Å²) in [6, 6.07) is 2.67. The van der Waals surface area contributed by atoms with E-state index >= 15 is 4.39 Å². The predicted octanol–water partition coefficient (Wildman–Crippen LogP) is 3.31. The fourth-order valence-corrected chi connectivity index (χ4v) is 2.35. The van der Waals surface area contributed by atoms with Gasteiger partial charge in [-0.1, -0.05) is 11.6 Å². The van der Waals surface area contributed by atoms with Crippen LogP contribution in [-0.2, 0) is 6.50 Å². The zero-order chi connectivity index (χ0) is 26.6. The molecule has 0 saturated carbocycles. The Kier molecular flexibility index (Phi) is 3.57. The van der Waals surface area contributed by atoms with Gasteiger partial charge in [0.25, 0.3) is 5.91 Å². The molecule has 1 aromatic carbocycles. The van der Waals surface area contributed by atoms with Gasteiger partial charge in [0.1, 0.15) is 17.3 Å². The van der Waals surface area contributed by atoms with Gasteiger partial charge in [0, 0.05) is 58.5 Å². The van der Waals surface area contributed by atoms with E-state index in [1.165, 1.54) is 12.4 Å². The first-order valence-electron chi connectivity index (χ1n) is 11.9. The van der Waals surface area contributed by atoms with Crippen LogP contribution in [-0.4, -0.2) is 45.9 Å². The van der Waals surface area contributed by atoms with Crippen molar-refractivity contribution in [3.05, 3.63) is 58.4 Å². The van der Waals surface area contributed by atoms with Gasteiger partial charge in [0.05, 0.1) is 14.3 Å². The second-order valence-corrected chi connectivity index (χ2v) is 6.27. The molecule has 0 atom stereocenters. The van der Waals surface area contributed by atoms with Gasteiger partial charge < -0.3 is 10.2 Å². The number of alkyl halides is 1. The topological polar surface area (TPSA) is 58.1 Å². The minimum absolute atomic E-state index is 0.120. The van der Waals surface area contributed by atoms with Crippen molar-refractivity contribution in [1.29, 1.82) is 0 Å². The molecule has 1 N–H and O–H groups in total. The van der Waals surface area contributed by atoms with Gasteiger partial charge >= 0.3 is 0 Å². The maximum atomic E-state index is 16.1. The van der Waals surface area contributed by atoms with Crippen molar-refractivity contribution in [2.45, 2.75) is 31.9 Å². The molecular weight excluding hydrogens is 374 g/mol. The first-order chi connectivity index (χ1) is 15.8. The summed E-state index contributed by atoms with van der Waals surface area (Å²) >= 11 is 5.67. The quantitative estimate of drug-likeness (QED) is 0.833. The van der Waals surface area contributed by atoms with E-state index in [9.17, 15) is 9.18 Å². The highest BCUT2D eigenvalue weighted by Crippen LogP contribution is 2.27. The second-order valence-electron chi connectivity index (χ2n) is 5.86. The van der Waals surface area contributed by atoms with Crippen LogP contribution in [0, 0.1) is 12.7 Å². The molecule has 1 saturated heterocycles. The highest BCUT2D eigenvalue weighted by atomic mass is 35.5. The normalized spacial score (nSPS) is 25.6. The van der Waals surface area contributed by atoms with E-state index in [-0.39, 0.29) is 10.5 Å². The number of halogens is 3. The van der Waals surface area contributed by atoms with Gasteiger partial charge in [-0.3, -0.25) is 4.79 Å². The monoisotopic (exact) mass is 402 g/mol. The Labute approximate surface area is 173 Å². The minimum atomic E-state index is -3.33. The summed E-state index contributed by atoms with van der Waals surface area (Å²) in [6.07, 6.45) is -0.145. The van der Waals surface area contributed by atoms with Crippen molar-refractivity contribution < 1.29 is 24.5 Å². The lowest BCUT2D eigenvalue weighted by molar-refractivity contribution is 0.0434. The number of likely N-dealkylation sites (tertiary alicyclic amines) is 1. The van der Waals surface area contributed by atoms with Gasteiger partial charge in [-0.25, -0.2) is 18.7 Å². The third-order valence-electron chi connectivity index (χ3n) is 3.65. The number of carbonyl (C=O) groups excluding carboxylic acids is 1. The standard InChI is InChI=1S/C19H21ClF2N4O/c1-13-9-24-17(25-10-13)11-23-12-19(22)4-6-26(7-5-19)18(27)14-2-3-16(21)15(20)8-14/h2-3,8-10,23H,4-7,11-12H2,1H3/i6D2,7D2,11D2,12D2. The number of nitrogens with zero attached hydrogens (tertiary/aromatic N) is 3. The minimum Gasteiger partial charge on any atom is -0.338 e. The zero-order valence-electron chi connectivity index (χ0n) is 22.2. The Morgan fingerprint density at radius 2 is 2.07 bits per heavy atom. The number of benzene rings is 1.